The Morgan fingerprint density at radius 1 is 1.44 bits per heavy atom. The van der Waals surface area contributed by atoms with Crippen LogP contribution in [-0.4, -0.2) is 31.3 Å². The number of aromatic nitrogens is 3. The third-order valence-corrected chi connectivity index (χ3v) is 2.15. The average molecular weight is 236 g/mol. The predicted octanol–water partition coefficient (Wildman–Crippen LogP) is 1.23. The second kappa shape index (κ2) is 4.15. The van der Waals surface area contributed by atoms with Crippen molar-refractivity contribution < 1.29 is 10.2 Å². The fourth-order valence-electron chi connectivity index (χ4n) is 1.09. The lowest BCUT2D eigenvalue weighted by Gasteiger charge is -1.98. The lowest BCUT2D eigenvalue weighted by Crippen LogP contribution is -1.89. The first-order chi connectivity index (χ1) is 7.66. The molecule has 16 heavy (non-hydrogen) atoms. The largest absolute Gasteiger partial charge is 0.508 e. The molecule has 7 heteroatoms. The Hall–Kier alpha value is -2.15. The standard InChI is InChI=1S/C9H8N4O2S/c14-7-2-1-6(8(15)3-7)4-11-13-5-10-12-9(13)16/h1-5,14-15H,(H,12,16)/b11-4+. The molecule has 1 heterocycles. The number of hydrogen-bond donors (Lipinski definition) is 3. The molecule has 0 fully saturated rings. The molecular weight excluding hydrogens is 228 g/mol. The van der Waals surface area contributed by atoms with Crippen LogP contribution in [-0.2, 0) is 0 Å². The molecule has 0 saturated heterocycles. The zero-order valence-corrected chi connectivity index (χ0v) is 8.85. The van der Waals surface area contributed by atoms with E-state index in [2.05, 4.69) is 15.3 Å². The molecule has 0 spiro atoms. The van der Waals surface area contributed by atoms with Gasteiger partial charge in [-0.1, -0.05) is 0 Å². The molecule has 0 aliphatic carbocycles. The zero-order chi connectivity index (χ0) is 11.5. The van der Waals surface area contributed by atoms with Crippen LogP contribution in [0.15, 0.2) is 29.6 Å². The fourth-order valence-corrected chi connectivity index (χ4v) is 1.24. The summed E-state index contributed by atoms with van der Waals surface area (Å²) in [5.74, 6) is -0.0617. The first-order valence-electron chi connectivity index (χ1n) is 4.35. The van der Waals surface area contributed by atoms with E-state index in [0.717, 1.165) is 0 Å². The minimum atomic E-state index is -0.0567. The van der Waals surface area contributed by atoms with Gasteiger partial charge in [0.2, 0.25) is 4.77 Å². The molecular formula is C9H8N4O2S. The van der Waals surface area contributed by atoms with Crippen molar-refractivity contribution in [3.8, 4) is 11.5 Å². The van der Waals surface area contributed by atoms with Crippen molar-refractivity contribution in [3.05, 3.63) is 34.9 Å². The van der Waals surface area contributed by atoms with Crippen molar-refractivity contribution in [2.45, 2.75) is 0 Å². The Kier molecular flexibility index (Phi) is 2.69. The van der Waals surface area contributed by atoms with Gasteiger partial charge in [-0.2, -0.15) is 14.9 Å². The lowest BCUT2D eigenvalue weighted by molar-refractivity contribution is 0.450. The molecule has 0 radical (unpaired) electrons. The summed E-state index contributed by atoms with van der Waals surface area (Å²) < 4.78 is 1.70. The summed E-state index contributed by atoms with van der Waals surface area (Å²) in [7, 11) is 0. The van der Waals surface area contributed by atoms with Crippen LogP contribution in [0.4, 0.5) is 0 Å². The molecule has 2 aromatic rings. The van der Waals surface area contributed by atoms with E-state index >= 15 is 0 Å². The maximum Gasteiger partial charge on any atom is 0.216 e. The van der Waals surface area contributed by atoms with Crippen molar-refractivity contribution in [2.75, 3.05) is 0 Å². The molecule has 0 aliphatic heterocycles. The first kappa shape index (κ1) is 10.4. The summed E-state index contributed by atoms with van der Waals surface area (Å²) in [5, 5.41) is 28.8. The van der Waals surface area contributed by atoms with Crippen LogP contribution in [0.1, 0.15) is 5.56 Å². The number of benzene rings is 1. The normalized spacial score (nSPS) is 11.0. The van der Waals surface area contributed by atoms with Crippen LogP contribution in [0.3, 0.4) is 0 Å². The van der Waals surface area contributed by atoms with Crippen molar-refractivity contribution in [1.29, 1.82) is 0 Å². The second-order valence-corrected chi connectivity index (χ2v) is 3.38. The van der Waals surface area contributed by atoms with Gasteiger partial charge >= 0.3 is 0 Å². The predicted molar refractivity (Wildman–Crippen MR) is 60.2 cm³/mol. The number of aromatic amines is 1. The van der Waals surface area contributed by atoms with E-state index in [9.17, 15) is 5.11 Å². The first-order valence-corrected chi connectivity index (χ1v) is 4.76. The van der Waals surface area contributed by atoms with E-state index in [-0.39, 0.29) is 11.5 Å². The van der Waals surface area contributed by atoms with Crippen LogP contribution < -0.4 is 0 Å². The molecule has 1 aromatic carbocycles. The lowest BCUT2D eigenvalue weighted by atomic mass is 10.2. The molecule has 0 atom stereocenters. The summed E-state index contributed by atoms with van der Waals surface area (Å²) >= 11 is 4.88. The van der Waals surface area contributed by atoms with Gasteiger partial charge in [0.1, 0.15) is 17.8 Å². The van der Waals surface area contributed by atoms with Gasteiger partial charge in [0.25, 0.3) is 0 Å². The molecule has 1 aromatic heterocycles. The van der Waals surface area contributed by atoms with Gasteiger partial charge < -0.3 is 10.2 Å². The number of phenols is 2. The number of H-pyrrole nitrogens is 1. The van der Waals surface area contributed by atoms with Gasteiger partial charge in [-0.15, -0.1) is 0 Å². The molecule has 0 saturated carbocycles. The SMILES string of the molecule is Oc1ccc(/C=N/n2cn[nH]c2=S)c(O)c1. The third kappa shape index (κ3) is 2.09. The Morgan fingerprint density at radius 3 is 2.88 bits per heavy atom. The van der Waals surface area contributed by atoms with Crippen LogP contribution in [0.25, 0.3) is 0 Å². The van der Waals surface area contributed by atoms with Crippen LogP contribution in [0.5, 0.6) is 11.5 Å². The van der Waals surface area contributed by atoms with Gasteiger partial charge in [-0.3, -0.25) is 5.10 Å². The highest BCUT2D eigenvalue weighted by Gasteiger charge is 1.99. The van der Waals surface area contributed by atoms with E-state index < -0.39 is 0 Å². The van der Waals surface area contributed by atoms with Gasteiger partial charge in [-0.05, 0) is 24.4 Å². The van der Waals surface area contributed by atoms with E-state index in [0.29, 0.717) is 10.3 Å². The van der Waals surface area contributed by atoms with E-state index in [4.69, 9.17) is 17.3 Å². The molecule has 0 aliphatic rings. The van der Waals surface area contributed by atoms with Crippen molar-refractivity contribution in [2.24, 2.45) is 5.10 Å². The van der Waals surface area contributed by atoms with Gasteiger partial charge in [0.05, 0.1) is 6.21 Å². The molecule has 0 amide bonds. The highest BCUT2D eigenvalue weighted by Crippen LogP contribution is 2.20. The maximum absolute atomic E-state index is 9.48. The van der Waals surface area contributed by atoms with Crippen molar-refractivity contribution >= 4 is 18.4 Å². The van der Waals surface area contributed by atoms with Crippen molar-refractivity contribution in [1.82, 2.24) is 14.9 Å². The molecule has 6 nitrogen and oxygen atoms in total. The Balaban J connectivity index is 2.31. The van der Waals surface area contributed by atoms with Gasteiger partial charge in [-0.25, -0.2) is 0 Å². The fraction of sp³-hybridized carbons (Fsp3) is 0. The Labute approximate surface area is 95.5 Å². The highest BCUT2D eigenvalue weighted by atomic mass is 32.1. The van der Waals surface area contributed by atoms with E-state index in [1.807, 2.05) is 0 Å². The number of rotatable bonds is 2. The monoisotopic (exact) mass is 236 g/mol. The third-order valence-electron chi connectivity index (χ3n) is 1.87. The molecule has 2 rings (SSSR count). The van der Waals surface area contributed by atoms with Gasteiger partial charge in [0.15, 0.2) is 0 Å². The topological polar surface area (TPSA) is 86.4 Å². The average Bonchev–Trinajstić information content (AvgIpc) is 2.63. The number of nitrogens with one attached hydrogen (secondary N) is 1. The molecule has 0 bridgehead atoms. The minimum absolute atomic E-state index is 0.00503. The van der Waals surface area contributed by atoms with E-state index in [1.54, 1.807) is 0 Å². The van der Waals surface area contributed by atoms with Crippen LogP contribution >= 0.6 is 12.2 Å². The summed E-state index contributed by atoms with van der Waals surface area (Å²) in [5.41, 5.74) is 0.473. The number of nitrogens with zero attached hydrogens (tertiary/aromatic N) is 3. The molecule has 0 unspecified atom stereocenters. The number of phenolic OH excluding ortho intramolecular Hbond substituents is 2. The summed E-state index contributed by atoms with van der Waals surface area (Å²) in [6.07, 6.45) is 2.83. The summed E-state index contributed by atoms with van der Waals surface area (Å²) in [4.78, 5) is 0. The second-order valence-electron chi connectivity index (χ2n) is 2.99. The summed E-state index contributed by atoms with van der Waals surface area (Å²) in [6.45, 7) is 0. The molecule has 3 N–H and O–H groups in total. The smallest absolute Gasteiger partial charge is 0.216 e. The van der Waals surface area contributed by atoms with Crippen molar-refractivity contribution in [3.63, 3.8) is 0 Å². The quantitative estimate of drug-likeness (QED) is 0.540. The summed E-state index contributed by atoms with van der Waals surface area (Å²) in [6, 6.07) is 4.23. The zero-order valence-electron chi connectivity index (χ0n) is 8.03. The minimum Gasteiger partial charge on any atom is -0.508 e. The Bertz CT molecular complexity index is 587. The highest BCUT2D eigenvalue weighted by molar-refractivity contribution is 7.71. The molecule has 82 valence electrons. The number of aromatic hydroxyl groups is 2. The van der Waals surface area contributed by atoms with E-state index in [1.165, 1.54) is 35.4 Å². The maximum atomic E-state index is 9.48. The Morgan fingerprint density at radius 2 is 2.25 bits per heavy atom. The number of hydrogen-bond acceptors (Lipinski definition) is 5. The van der Waals surface area contributed by atoms with Crippen LogP contribution in [0, 0.1) is 4.77 Å². The van der Waals surface area contributed by atoms with Crippen LogP contribution in [0.2, 0.25) is 0 Å². The van der Waals surface area contributed by atoms with Gasteiger partial charge in [0, 0.05) is 11.6 Å².